The molecule has 0 bridgehead atoms. The van der Waals surface area contributed by atoms with Crippen molar-refractivity contribution in [3.63, 3.8) is 0 Å². The molecule has 0 aliphatic carbocycles. The maximum absolute atomic E-state index is 5.43. The molecule has 0 unspecified atom stereocenters. The second-order valence-corrected chi connectivity index (χ2v) is 5.08. The molecule has 0 amide bonds. The molecule has 1 aliphatic rings. The van der Waals surface area contributed by atoms with Crippen LogP contribution in [0.5, 0.6) is 0 Å². The van der Waals surface area contributed by atoms with Crippen LogP contribution in [0.25, 0.3) is 0 Å². The Bertz CT molecular complexity index is 533. The summed E-state index contributed by atoms with van der Waals surface area (Å²) in [5, 5.41) is 4.37. The van der Waals surface area contributed by atoms with E-state index in [1.54, 1.807) is 13.4 Å². The zero-order chi connectivity index (χ0) is 13.2. The van der Waals surface area contributed by atoms with Crippen LogP contribution in [0.2, 0.25) is 0 Å². The van der Waals surface area contributed by atoms with Crippen molar-refractivity contribution in [2.45, 2.75) is 19.0 Å². The molecule has 0 aromatic carbocycles. The number of methoxy groups -OCH3 is 1. The molecule has 5 heteroatoms. The Morgan fingerprint density at radius 2 is 2.42 bits per heavy atom. The highest BCUT2D eigenvalue weighted by molar-refractivity contribution is 5.25. The monoisotopic (exact) mass is 261 g/mol. The third kappa shape index (κ3) is 2.43. The SMILES string of the molecule is COC[C@@H]1CN(Cc2ccco2)Cc2cnn(C)c21. The number of nitrogens with zero attached hydrogens (tertiary/aromatic N) is 3. The standard InChI is InChI=1S/C14H19N3O2/c1-16-14-11(6-15-16)7-17(8-12(14)10-18-2)9-13-4-3-5-19-13/h3-6,12H,7-10H2,1-2H3/t12-/m0/s1. The smallest absolute Gasteiger partial charge is 0.117 e. The van der Waals surface area contributed by atoms with Crippen molar-refractivity contribution in [1.29, 1.82) is 0 Å². The number of furan rings is 1. The third-order valence-electron chi connectivity index (χ3n) is 3.65. The number of hydrogen-bond donors (Lipinski definition) is 0. The van der Waals surface area contributed by atoms with Gasteiger partial charge in [0.15, 0.2) is 0 Å². The van der Waals surface area contributed by atoms with Gasteiger partial charge in [-0.1, -0.05) is 0 Å². The normalized spacial score (nSPS) is 19.6. The second kappa shape index (κ2) is 5.19. The van der Waals surface area contributed by atoms with E-state index in [1.807, 2.05) is 30.1 Å². The van der Waals surface area contributed by atoms with Crippen LogP contribution in [0, 0.1) is 0 Å². The molecular formula is C14H19N3O2. The van der Waals surface area contributed by atoms with Gasteiger partial charge in [0.2, 0.25) is 0 Å². The van der Waals surface area contributed by atoms with Gasteiger partial charge in [-0.3, -0.25) is 9.58 Å². The fourth-order valence-electron chi connectivity index (χ4n) is 2.92. The Morgan fingerprint density at radius 1 is 1.53 bits per heavy atom. The fourth-order valence-corrected chi connectivity index (χ4v) is 2.92. The van der Waals surface area contributed by atoms with E-state index >= 15 is 0 Å². The van der Waals surface area contributed by atoms with Gasteiger partial charge in [-0.05, 0) is 12.1 Å². The van der Waals surface area contributed by atoms with Crippen molar-refractivity contribution in [1.82, 2.24) is 14.7 Å². The molecule has 0 saturated carbocycles. The summed E-state index contributed by atoms with van der Waals surface area (Å²) in [6.45, 7) is 3.45. The number of rotatable bonds is 4. The van der Waals surface area contributed by atoms with E-state index in [0.29, 0.717) is 5.92 Å². The zero-order valence-corrected chi connectivity index (χ0v) is 11.4. The zero-order valence-electron chi connectivity index (χ0n) is 11.4. The first-order valence-electron chi connectivity index (χ1n) is 6.52. The van der Waals surface area contributed by atoms with E-state index in [4.69, 9.17) is 9.15 Å². The molecule has 1 aliphatic heterocycles. The summed E-state index contributed by atoms with van der Waals surface area (Å²) in [4.78, 5) is 2.38. The van der Waals surface area contributed by atoms with Gasteiger partial charge < -0.3 is 9.15 Å². The van der Waals surface area contributed by atoms with Gasteiger partial charge in [0, 0.05) is 44.4 Å². The van der Waals surface area contributed by atoms with E-state index in [1.165, 1.54) is 11.3 Å². The van der Waals surface area contributed by atoms with E-state index in [-0.39, 0.29) is 0 Å². The van der Waals surface area contributed by atoms with Crippen LogP contribution < -0.4 is 0 Å². The summed E-state index contributed by atoms with van der Waals surface area (Å²) < 4.78 is 12.8. The Hall–Kier alpha value is -1.59. The summed E-state index contributed by atoms with van der Waals surface area (Å²) in [5.41, 5.74) is 2.60. The van der Waals surface area contributed by atoms with E-state index in [0.717, 1.165) is 32.0 Å². The summed E-state index contributed by atoms with van der Waals surface area (Å²) >= 11 is 0. The molecule has 2 aromatic heterocycles. The van der Waals surface area contributed by atoms with Gasteiger partial charge >= 0.3 is 0 Å². The van der Waals surface area contributed by atoms with Crippen LogP contribution in [0.1, 0.15) is 22.9 Å². The molecule has 19 heavy (non-hydrogen) atoms. The van der Waals surface area contributed by atoms with Gasteiger partial charge in [-0.25, -0.2) is 0 Å². The second-order valence-electron chi connectivity index (χ2n) is 5.08. The van der Waals surface area contributed by atoms with E-state index < -0.39 is 0 Å². The van der Waals surface area contributed by atoms with Crippen molar-refractivity contribution >= 4 is 0 Å². The maximum Gasteiger partial charge on any atom is 0.117 e. The Balaban J connectivity index is 1.80. The van der Waals surface area contributed by atoms with Gasteiger partial charge in [0.1, 0.15) is 5.76 Å². The van der Waals surface area contributed by atoms with Crippen molar-refractivity contribution in [2.75, 3.05) is 20.3 Å². The van der Waals surface area contributed by atoms with Crippen LogP contribution in [0.3, 0.4) is 0 Å². The highest BCUT2D eigenvalue weighted by Gasteiger charge is 2.28. The van der Waals surface area contributed by atoms with Crippen molar-refractivity contribution in [3.8, 4) is 0 Å². The molecule has 3 heterocycles. The molecule has 0 N–H and O–H groups in total. The molecule has 1 atom stereocenters. The molecule has 5 nitrogen and oxygen atoms in total. The van der Waals surface area contributed by atoms with Crippen LogP contribution in [-0.4, -0.2) is 34.9 Å². The lowest BCUT2D eigenvalue weighted by Gasteiger charge is -2.32. The molecule has 0 fully saturated rings. The maximum atomic E-state index is 5.43. The minimum absolute atomic E-state index is 0.371. The van der Waals surface area contributed by atoms with E-state index in [9.17, 15) is 0 Å². The molecule has 102 valence electrons. The molecule has 0 spiro atoms. The van der Waals surface area contributed by atoms with Crippen LogP contribution in [-0.2, 0) is 24.9 Å². The first-order valence-corrected chi connectivity index (χ1v) is 6.52. The quantitative estimate of drug-likeness (QED) is 0.841. The highest BCUT2D eigenvalue weighted by atomic mass is 16.5. The van der Waals surface area contributed by atoms with Gasteiger partial charge in [-0.2, -0.15) is 5.10 Å². The van der Waals surface area contributed by atoms with Crippen molar-refractivity contribution < 1.29 is 9.15 Å². The Morgan fingerprint density at radius 3 is 3.16 bits per heavy atom. The number of fused-ring (bicyclic) bond motifs is 1. The van der Waals surface area contributed by atoms with Crippen molar-refractivity contribution in [2.24, 2.45) is 7.05 Å². The Kier molecular flexibility index (Phi) is 3.40. The first-order chi connectivity index (χ1) is 9.28. The lowest BCUT2D eigenvalue weighted by molar-refractivity contribution is 0.128. The van der Waals surface area contributed by atoms with Gasteiger partial charge in [0.25, 0.3) is 0 Å². The van der Waals surface area contributed by atoms with Gasteiger partial charge in [0.05, 0.1) is 25.6 Å². The summed E-state index contributed by atoms with van der Waals surface area (Å²) in [5.74, 6) is 1.37. The highest BCUT2D eigenvalue weighted by Crippen LogP contribution is 2.28. The van der Waals surface area contributed by atoms with Crippen LogP contribution >= 0.6 is 0 Å². The lowest BCUT2D eigenvalue weighted by atomic mass is 9.97. The summed E-state index contributed by atoms with van der Waals surface area (Å²) in [6, 6.07) is 3.95. The predicted molar refractivity (Wildman–Crippen MR) is 70.6 cm³/mol. The van der Waals surface area contributed by atoms with Crippen LogP contribution in [0.15, 0.2) is 29.0 Å². The largest absolute Gasteiger partial charge is 0.468 e. The van der Waals surface area contributed by atoms with Gasteiger partial charge in [-0.15, -0.1) is 0 Å². The Labute approximate surface area is 112 Å². The molecule has 0 radical (unpaired) electrons. The number of aryl methyl sites for hydroxylation is 1. The number of aromatic nitrogens is 2. The first kappa shape index (κ1) is 12.4. The van der Waals surface area contributed by atoms with Crippen LogP contribution in [0.4, 0.5) is 0 Å². The molecule has 3 rings (SSSR count). The number of hydrogen-bond acceptors (Lipinski definition) is 4. The van der Waals surface area contributed by atoms with E-state index in [2.05, 4.69) is 10.00 Å². The summed E-state index contributed by atoms with van der Waals surface area (Å²) in [6.07, 6.45) is 3.69. The lowest BCUT2D eigenvalue weighted by Crippen LogP contribution is -2.35. The average Bonchev–Trinajstić information content (AvgIpc) is 3.00. The summed E-state index contributed by atoms with van der Waals surface area (Å²) in [7, 11) is 3.76. The molecular weight excluding hydrogens is 242 g/mol. The van der Waals surface area contributed by atoms with Crippen molar-refractivity contribution in [3.05, 3.63) is 41.6 Å². The third-order valence-corrected chi connectivity index (χ3v) is 3.65. The fraction of sp³-hybridized carbons (Fsp3) is 0.500. The average molecular weight is 261 g/mol. The minimum Gasteiger partial charge on any atom is -0.468 e. The predicted octanol–water partition coefficient (Wildman–Crippen LogP) is 1.76. The minimum atomic E-state index is 0.371. The topological polar surface area (TPSA) is 43.4 Å². The number of ether oxygens (including phenoxy) is 1. The molecule has 0 saturated heterocycles. The molecule has 2 aromatic rings.